The van der Waals surface area contributed by atoms with E-state index in [9.17, 15) is 9.18 Å². The van der Waals surface area contributed by atoms with Gasteiger partial charge in [0.25, 0.3) is 0 Å². The van der Waals surface area contributed by atoms with E-state index in [4.69, 9.17) is 5.73 Å². The molecule has 0 atom stereocenters. The molecule has 1 saturated carbocycles. The number of hydrogen-bond acceptors (Lipinski definition) is 2. The third kappa shape index (κ3) is 3.20. The molecule has 98 valence electrons. The van der Waals surface area contributed by atoms with Crippen LogP contribution in [-0.4, -0.2) is 19.1 Å². The molecular formula is C13H18FN3O. The second-order valence-electron chi connectivity index (χ2n) is 4.83. The molecule has 0 unspecified atom stereocenters. The van der Waals surface area contributed by atoms with Gasteiger partial charge >= 0.3 is 6.03 Å². The number of benzene rings is 1. The maximum Gasteiger partial charge on any atom is 0.319 e. The van der Waals surface area contributed by atoms with Gasteiger partial charge in [0.2, 0.25) is 0 Å². The van der Waals surface area contributed by atoms with Gasteiger partial charge in [-0.3, -0.25) is 0 Å². The average molecular weight is 251 g/mol. The fraction of sp³-hybridized carbons (Fsp3) is 0.462. The average Bonchev–Trinajstić information content (AvgIpc) is 3.11. The molecule has 2 rings (SSSR count). The molecular weight excluding hydrogens is 233 g/mol. The summed E-state index contributed by atoms with van der Waals surface area (Å²) in [5.41, 5.74) is 5.90. The van der Waals surface area contributed by atoms with Gasteiger partial charge in [-0.2, -0.15) is 0 Å². The van der Waals surface area contributed by atoms with E-state index in [0.717, 1.165) is 19.3 Å². The second-order valence-corrected chi connectivity index (χ2v) is 4.83. The highest BCUT2D eigenvalue weighted by atomic mass is 19.1. The molecule has 1 aromatic rings. The van der Waals surface area contributed by atoms with E-state index in [1.165, 1.54) is 12.1 Å². The Kier molecular flexibility index (Phi) is 3.81. The topological polar surface area (TPSA) is 67.1 Å². The van der Waals surface area contributed by atoms with Gasteiger partial charge in [0.05, 0.1) is 5.69 Å². The molecule has 1 aliphatic carbocycles. The zero-order chi connectivity index (χ0) is 13.0. The van der Waals surface area contributed by atoms with Crippen molar-refractivity contribution >= 4 is 11.7 Å². The number of amides is 2. The first-order chi connectivity index (χ1) is 8.65. The maximum atomic E-state index is 13.3. The van der Waals surface area contributed by atoms with Crippen molar-refractivity contribution in [1.82, 2.24) is 5.32 Å². The number of urea groups is 1. The third-order valence-corrected chi connectivity index (χ3v) is 3.38. The summed E-state index contributed by atoms with van der Waals surface area (Å²) >= 11 is 0. The summed E-state index contributed by atoms with van der Waals surface area (Å²) in [6.07, 6.45) is 3.13. The van der Waals surface area contributed by atoms with E-state index in [2.05, 4.69) is 10.6 Å². The summed E-state index contributed by atoms with van der Waals surface area (Å²) in [6, 6.07) is 5.73. The van der Waals surface area contributed by atoms with Gasteiger partial charge in [0.1, 0.15) is 5.82 Å². The number of carbonyl (C=O) groups is 1. The van der Waals surface area contributed by atoms with Crippen LogP contribution >= 0.6 is 0 Å². The number of nitrogens with two attached hydrogens (primary N) is 1. The summed E-state index contributed by atoms with van der Waals surface area (Å²) in [7, 11) is 0. The van der Waals surface area contributed by atoms with E-state index < -0.39 is 5.82 Å². The highest BCUT2D eigenvalue weighted by Crippen LogP contribution is 2.47. The van der Waals surface area contributed by atoms with Crippen LogP contribution in [0.15, 0.2) is 24.3 Å². The minimum atomic E-state index is -0.434. The fourth-order valence-electron chi connectivity index (χ4n) is 1.99. The fourth-order valence-corrected chi connectivity index (χ4v) is 1.99. The Labute approximate surface area is 106 Å². The minimum Gasteiger partial charge on any atom is -0.337 e. The van der Waals surface area contributed by atoms with Crippen molar-refractivity contribution < 1.29 is 9.18 Å². The predicted molar refractivity (Wildman–Crippen MR) is 68.8 cm³/mol. The van der Waals surface area contributed by atoms with Crippen LogP contribution in [-0.2, 0) is 0 Å². The number of anilines is 1. The van der Waals surface area contributed by atoms with Crippen molar-refractivity contribution in [1.29, 1.82) is 0 Å². The van der Waals surface area contributed by atoms with Crippen LogP contribution in [0.5, 0.6) is 0 Å². The van der Waals surface area contributed by atoms with Crippen LogP contribution in [0.4, 0.5) is 14.9 Å². The molecule has 5 heteroatoms. The molecule has 0 spiro atoms. The van der Waals surface area contributed by atoms with E-state index in [0.29, 0.717) is 13.1 Å². The smallest absolute Gasteiger partial charge is 0.319 e. The predicted octanol–water partition coefficient (Wildman–Crippen LogP) is 2.08. The normalized spacial score (nSPS) is 16.1. The third-order valence-electron chi connectivity index (χ3n) is 3.38. The molecule has 0 aliphatic heterocycles. The Morgan fingerprint density at radius 2 is 2.11 bits per heavy atom. The molecule has 0 heterocycles. The van der Waals surface area contributed by atoms with Crippen molar-refractivity contribution in [3.8, 4) is 0 Å². The lowest BCUT2D eigenvalue weighted by molar-refractivity contribution is 0.249. The summed E-state index contributed by atoms with van der Waals surface area (Å²) in [5, 5.41) is 5.27. The van der Waals surface area contributed by atoms with Gasteiger partial charge in [-0.05, 0) is 43.4 Å². The monoisotopic (exact) mass is 251 g/mol. The van der Waals surface area contributed by atoms with Crippen LogP contribution in [0.1, 0.15) is 19.3 Å². The number of nitrogens with one attached hydrogen (secondary N) is 2. The Balaban J connectivity index is 1.81. The largest absolute Gasteiger partial charge is 0.337 e. The summed E-state index contributed by atoms with van der Waals surface area (Å²) in [5.74, 6) is -0.434. The summed E-state index contributed by atoms with van der Waals surface area (Å²) < 4.78 is 13.3. The quantitative estimate of drug-likeness (QED) is 0.750. The number of hydrogen-bond donors (Lipinski definition) is 3. The molecule has 4 N–H and O–H groups in total. The first-order valence-electron chi connectivity index (χ1n) is 6.15. The minimum absolute atomic E-state index is 0.182. The van der Waals surface area contributed by atoms with E-state index >= 15 is 0 Å². The van der Waals surface area contributed by atoms with Gasteiger partial charge in [-0.1, -0.05) is 12.1 Å². The van der Waals surface area contributed by atoms with Gasteiger partial charge in [0.15, 0.2) is 0 Å². The molecule has 1 fully saturated rings. The Morgan fingerprint density at radius 1 is 1.39 bits per heavy atom. The zero-order valence-corrected chi connectivity index (χ0v) is 10.2. The lowest BCUT2D eigenvalue weighted by Crippen LogP contribution is -2.34. The molecule has 0 radical (unpaired) electrons. The van der Waals surface area contributed by atoms with Crippen LogP contribution in [0.2, 0.25) is 0 Å². The molecule has 0 aromatic heterocycles. The van der Waals surface area contributed by atoms with Crippen molar-refractivity contribution in [3.63, 3.8) is 0 Å². The lowest BCUT2D eigenvalue weighted by Gasteiger charge is -2.15. The van der Waals surface area contributed by atoms with Crippen molar-refractivity contribution in [2.45, 2.75) is 19.3 Å². The van der Waals surface area contributed by atoms with Crippen molar-refractivity contribution in [2.24, 2.45) is 11.1 Å². The van der Waals surface area contributed by atoms with Crippen molar-refractivity contribution in [3.05, 3.63) is 30.1 Å². The Morgan fingerprint density at radius 3 is 2.72 bits per heavy atom. The Hall–Kier alpha value is -1.62. The van der Waals surface area contributed by atoms with Crippen molar-refractivity contribution in [2.75, 3.05) is 18.4 Å². The molecule has 0 saturated heterocycles. The van der Waals surface area contributed by atoms with E-state index in [-0.39, 0.29) is 17.1 Å². The van der Waals surface area contributed by atoms with Crippen LogP contribution in [0, 0.1) is 11.2 Å². The Bertz CT molecular complexity index is 432. The number of para-hydroxylation sites is 1. The molecule has 18 heavy (non-hydrogen) atoms. The van der Waals surface area contributed by atoms with E-state index in [1.807, 2.05) is 0 Å². The maximum absolute atomic E-state index is 13.3. The SMILES string of the molecule is NCCC1(CNC(=O)Nc2ccccc2F)CC1. The summed E-state index contributed by atoms with van der Waals surface area (Å²) in [4.78, 5) is 11.6. The van der Waals surface area contributed by atoms with Crippen LogP contribution in [0.3, 0.4) is 0 Å². The summed E-state index contributed by atoms with van der Waals surface area (Å²) in [6.45, 7) is 1.24. The number of carbonyl (C=O) groups excluding carboxylic acids is 1. The zero-order valence-electron chi connectivity index (χ0n) is 10.2. The standard InChI is InChI=1S/C13H18FN3O/c14-10-3-1-2-4-11(10)17-12(18)16-9-13(5-6-13)7-8-15/h1-4H,5-9,15H2,(H2,16,17,18). The second kappa shape index (κ2) is 5.35. The lowest BCUT2D eigenvalue weighted by atomic mass is 10.0. The number of halogens is 1. The van der Waals surface area contributed by atoms with E-state index in [1.54, 1.807) is 12.1 Å². The first-order valence-corrected chi connectivity index (χ1v) is 6.15. The molecule has 2 amide bonds. The molecule has 1 aliphatic rings. The molecule has 1 aromatic carbocycles. The molecule has 0 bridgehead atoms. The van der Waals surface area contributed by atoms with Gasteiger partial charge in [-0.25, -0.2) is 9.18 Å². The number of rotatable bonds is 5. The molecule has 4 nitrogen and oxygen atoms in total. The van der Waals surface area contributed by atoms with Crippen LogP contribution in [0.25, 0.3) is 0 Å². The van der Waals surface area contributed by atoms with Gasteiger partial charge in [-0.15, -0.1) is 0 Å². The van der Waals surface area contributed by atoms with Crippen LogP contribution < -0.4 is 16.4 Å². The van der Waals surface area contributed by atoms with Gasteiger partial charge < -0.3 is 16.4 Å². The first kappa shape index (κ1) is 12.8. The highest BCUT2D eigenvalue weighted by molar-refractivity contribution is 5.89. The highest BCUT2D eigenvalue weighted by Gasteiger charge is 2.41. The van der Waals surface area contributed by atoms with Gasteiger partial charge in [0, 0.05) is 6.54 Å².